The number of likely N-dealkylation sites (tertiary alicyclic amines) is 1. The fourth-order valence-corrected chi connectivity index (χ4v) is 1.91. The third-order valence-electron chi connectivity index (χ3n) is 2.74. The van der Waals surface area contributed by atoms with Crippen LogP contribution in [0.4, 0.5) is 0 Å². The van der Waals surface area contributed by atoms with Gasteiger partial charge in [0.2, 0.25) is 0 Å². The van der Waals surface area contributed by atoms with E-state index < -0.39 is 0 Å². The molecule has 1 aromatic rings. The van der Waals surface area contributed by atoms with Gasteiger partial charge < -0.3 is 11.5 Å². The first-order chi connectivity index (χ1) is 6.75. The molecule has 1 fully saturated rings. The molecule has 2 atom stereocenters. The zero-order valence-electron chi connectivity index (χ0n) is 8.26. The molecular weight excluding hydrogens is 174 g/mol. The SMILES string of the molecule is N[C@H]1CN(Cc2ccccc2)C[C@@H]1N. The van der Waals surface area contributed by atoms with Crippen LogP contribution in [0.15, 0.2) is 30.3 Å². The maximum absolute atomic E-state index is 5.86. The Hall–Kier alpha value is -0.900. The molecule has 0 radical (unpaired) electrons. The monoisotopic (exact) mass is 191 g/mol. The second kappa shape index (κ2) is 4.09. The van der Waals surface area contributed by atoms with Gasteiger partial charge >= 0.3 is 0 Å². The zero-order chi connectivity index (χ0) is 9.97. The molecule has 1 heterocycles. The normalized spacial score (nSPS) is 28.1. The van der Waals surface area contributed by atoms with Crippen LogP contribution in [0.3, 0.4) is 0 Å². The summed E-state index contributed by atoms with van der Waals surface area (Å²) in [6.07, 6.45) is 0. The summed E-state index contributed by atoms with van der Waals surface area (Å²) in [7, 11) is 0. The smallest absolute Gasteiger partial charge is 0.0334 e. The second-order valence-electron chi connectivity index (χ2n) is 4.01. The highest BCUT2D eigenvalue weighted by molar-refractivity contribution is 5.14. The number of nitrogens with zero attached hydrogens (tertiary/aromatic N) is 1. The fraction of sp³-hybridized carbons (Fsp3) is 0.455. The number of hydrogen-bond acceptors (Lipinski definition) is 3. The Balaban J connectivity index is 1.94. The summed E-state index contributed by atoms with van der Waals surface area (Å²) in [4.78, 5) is 2.31. The fourth-order valence-electron chi connectivity index (χ4n) is 1.91. The standard InChI is InChI=1S/C11H17N3/c12-10-7-14(8-11(10)13)6-9-4-2-1-3-5-9/h1-5,10-11H,6-8,12-13H2/t10-,11-/m0/s1. The topological polar surface area (TPSA) is 55.3 Å². The van der Waals surface area contributed by atoms with E-state index in [1.54, 1.807) is 0 Å². The van der Waals surface area contributed by atoms with Crippen molar-refractivity contribution in [3.8, 4) is 0 Å². The molecule has 0 aliphatic carbocycles. The van der Waals surface area contributed by atoms with E-state index in [2.05, 4.69) is 29.2 Å². The van der Waals surface area contributed by atoms with Gasteiger partial charge in [-0.25, -0.2) is 0 Å². The minimum Gasteiger partial charge on any atom is -0.325 e. The molecule has 0 spiro atoms. The summed E-state index contributed by atoms with van der Waals surface area (Å²) in [5, 5.41) is 0. The first kappa shape index (κ1) is 9.65. The van der Waals surface area contributed by atoms with Gasteiger partial charge in [-0.2, -0.15) is 0 Å². The van der Waals surface area contributed by atoms with Gasteiger partial charge in [0, 0.05) is 31.7 Å². The molecular formula is C11H17N3. The largest absolute Gasteiger partial charge is 0.325 e. The first-order valence-electron chi connectivity index (χ1n) is 5.03. The molecule has 4 N–H and O–H groups in total. The summed E-state index contributed by atoms with van der Waals surface area (Å²) in [6.45, 7) is 2.79. The van der Waals surface area contributed by atoms with E-state index in [-0.39, 0.29) is 12.1 Å². The molecule has 0 unspecified atom stereocenters. The second-order valence-corrected chi connectivity index (χ2v) is 4.01. The van der Waals surface area contributed by atoms with Crippen LogP contribution in [0.2, 0.25) is 0 Å². The molecule has 0 saturated carbocycles. The van der Waals surface area contributed by atoms with Gasteiger partial charge in [0.1, 0.15) is 0 Å². The summed E-state index contributed by atoms with van der Waals surface area (Å²) in [6, 6.07) is 10.7. The summed E-state index contributed by atoms with van der Waals surface area (Å²) in [5.74, 6) is 0. The van der Waals surface area contributed by atoms with Crippen molar-refractivity contribution in [2.24, 2.45) is 11.5 Å². The van der Waals surface area contributed by atoms with E-state index >= 15 is 0 Å². The Morgan fingerprint density at radius 2 is 1.64 bits per heavy atom. The zero-order valence-corrected chi connectivity index (χ0v) is 8.26. The molecule has 1 aliphatic heterocycles. The highest BCUT2D eigenvalue weighted by atomic mass is 15.2. The summed E-state index contributed by atoms with van der Waals surface area (Å²) < 4.78 is 0. The van der Waals surface area contributed by atoms with Crippen molar-refractivity contribution in [3.63, 3.8) is 0 Å². The third-order valence-corrected chi connectivity index (χ3v) is 2.74. The van der Waals surface area contributed by atoms with Crippen molar-refractivity contribution in [1.82, 2.24) is 4.90 Å². The Kier molecular flexibility index (Phi) is 2.82. The van der Waals surface area contributed by atoms with Crippen LogP contribution in [0.5, 0.6) is 0 Å². The maximum atomic E-state index is 5.86. The van der Waals surface area contributed by atoms with Crippen molar-refractivity contribution in [2.75, 3.05) is 13.1 Å². The van der Waals surface area contributed by atoms with Gasteiger partial charge in [-0.05, 0) is 5.56 Å². The number of nitrogens with two attached hydrogens (primary N) is 2. The van der Waals surface area contributed by atoms with Crippen LogP contribution in [0.25, 0.3) is 0 Å². The molecule has 1 aromatic carbocycles. The molecule has 0 bridgehead atoms. The molecule has 2 rings (SSSR count). The van der Waals surface area contributed by atoms with Crippen LogP contribution >= 0.6 is 0 Å². The van der Waals surface area contributed by atoms with Crippen molar-refractivity contribution < 1.29 is 0 Å². The van der Waals surface area contributed by atoms with Crippen LogP contribution in [0, 0.1) is 0 Å². The Bertz CT molecular complexity index is 276. The number of hydrogen-bond donors (Lipinski definition) is 2. The third kappa shape index (κ3) is 2.12. The molecule has 0 amide bonds. The summed E-state index contributed by atoms with van der Waals surface area (Å²) in [5.41, 5.74) is 13.0. The average molecular weight is 191 g/mol. The lowest BCUT2D eigenvalue weighted by Gasteiger charge is -2.14. The number of rotatable bonds is 2. The molecule has 1 aliphatic rings. The van der Waals surface area contributed by atoms with Crippen LogP contribution < -0.4 is 11.5 Å². The van der Waals surface area contributed by atoms with Crippen molar-refractivity contribution >= 4 is 0 Å². The first-order valence-corrected chi connectivity index (χ1v) is 5.03. The van der Waals surface area contributed by atoms with Gasteiger partial charge in [-0.1, -0.05) is 30.3 Å². The molecule has 0 aromatic heterocycles. The van der Waals surface area contributed by atoms with Gasteiger partial charge in [0.05, 0.1) is 0 Å². The van der Waals surface area contributed by atoms with E-state index in [1.165, 1.54) is 5.56 Å². The van der Waals surface area contributed by atoms with Gasteiger partial charge in [0.25, 0.3) is 0 Å². The molecule has 3 nitrogen and oxygen atoms in total. The van der Waals surface area contributed by atoms with Gasteiger partial charge in [-0.15, -0.1) is 0 Å². The van der Waals surface area contributed by atoms with Crippen LogP contribution in [0.1, 0.15) is 5.56 Å². The quantitative estimate of drug-likeness (QED) is 0.700. The van der Waals surface area contributed by atoms with E-state index in [9.17, 15) is 0 Å². The minimum absolute atomic E-state index is 0.138. The minimum atomic E-state index is 0.138. The molecule has 76 valence electrons. The van der Waals surface area contributed by atoms with E-state index in [4.69, 9.17) is 11.5 Å². The lowest BCUT2D eigenvalue weighted by molar-refractivity contribution is 0.324. The Labute approximate surface area is 84.7 Å². The van der Waals surface area contributed by atoms with Gasteiger partial charge in [0.15, 0.2) is 0 Å². The predicted octanol–water partition coefficient (Wildman–Crippen LogP) is 0.157. The molecule has 14 heavy (non-hydrogen) atoms. The lowest BCUT2D eigenvalue weighted by atomic mass is 10.2. The molecule has 1 saturated heterocycles. The molecule has 3 heteroatoms. The number of benzene rings is 1. The van der Waals surface area contributed by atoms with Crippen LogP contribution in [-0.4, -0.2) is 30.1 Å². The maximum Gasteiger partial charge on any atom is 0.0334 e. The van der Waals surface area contributed by atoms with Crippen LogP contribution in [-0.2, 0) is 6.54 Å². The lowest BCUT2D eigenvalue weighted by Crippen LogP contribution is -2.39. The van der Waals surface area contributed by atoms with Crippen molar-refractivity contribution in [3.05, 3.63) is 35.9 Å². The van der Waals surface area contributed by atoms with Crippen molar-refractivity contribution in [1.29, 1.82) is 0 Å². The highest BCUT2D eigenvalue weighted by Gasteiger charge is 2.26. The average Bonchev–Trinajstić information content (AvgIpc) is 2.47. The van der Waals surface area contributed by atoms with E-state index in [0.717, 1.165) is 19.6 Å². The highest BCUT2D eigenvalue weighted by Crippen LogP contribution is 2.11. The predicted molar refractivity (Wildman–Crippen MR) is 57.7 cm³/mol. The Morgan fingerprint density at radius 1 is 1.07 bits per heavy atom. The van der Waals surface area contributed by atoms with Crippen molar-refractivity contribution in [2.45, 2.75) is 18.6 Å². The van der Waals surface area contributed by atoms with Gasteiger partial charge in [-0.3, -0.25) is 4.90 Å². The van der Waals surface area contributed by atoms with E-state index in [1.807, 2.05) is 6.07 Å². The summed E-state index contributed by atoms with van der Waals surface area (Å²) >= 11 is 0. The van der Waals surface area contributed by atoms with E-state index in [0.29, 0.717) is 0 Å². The Morgan fingerprint density at radius 3 is 2.21 bits per heavy atom.